The van der Waals surface area contributed by atoms with E-state index in [9.17, 15) is 0 Å². The van der Waals surface area contributed by atoms with Gasteiger partial charge in [-0.25, -0.2) is 0 Å². The van der Waals surface area contributed by atoms with Gasteiger partial charge in [0.1, 0.15) is 11.2 Å². The number of anilines is 3. The Hall–Kier alpha value is -6.94. The van der Waals surface area contributed by atoms with Gasteiger partial charge in [-0.05, 0) is 112 Å². The fourth-order valence-electron chi connectivity index (χ4n) is 9.65. The quantitative estimate of drug-likeness (QED) is 0.174. The van der Waals surface area contributed by atoms with Gasteiger partial charge in [-0.1, -0.05) is 140 Å². The van der Waals surface area contributed by atoms with Gasteiger partial charge in [0.15, 0.2) is 0 Å². The number of furan rings is 1. The minimum absolute atomic E-state index is 0.168. The topological polar surface area (TPSA) is 16.4 Å². The number of rotatable bonds is 5. The van der Waals surface area contributed by atoms with Crippen molar-refractivity contribution < 1.29 is 4.42 Å². The maximum Gasteiger partial charge on any atom is 0.136 e. The van der Waals surface area contributed by atoms with Gasteiger partial charge in [-0.2, -0.15) is 0 Å². The molecule has 9 aromatic carbocycles. The van der Waals surface area contributed by atoms with Crippen LogP contribution in [0.3, 0.4) is 0 Å². The van der Waals surface area contributed by atoms with Crippen molar-refractivity contribution in [1.82, 2.24) is 0 Å². The van der Waals surface area contributed by atoms with E-state index in [2.05, 4.69) is 199 Å². The highest BCUT2D eigenvalue weighted by Gasteiger charge is 2.30. The number of hydrogen-bond donors (Lipinski definition) is 0. The van der Waals surface area contributed by atoms with Crippen LogP contribution in [0.4, 0.5) is 17.1 Å². The lowest BCUT2D eigenvalue weighted by Crippen LogP contribution is -2.11. The predicted molar refractivity (Wildman–Crippen MR) is 246 cm³/mol. The third kappa shape index (κ3) is 5.31. The average Bonchev–Trinajstić information content (AvgIpc) is 3.79. The smallest absolute Gasteiger partial charge is 0.136 e. The maximum absolute atomic E-state index is 6.66. The third-order valence-corrected chi connectivity index (χ3v) is 13.4. The van der Waals surface area contributed by atoms with Crippen LogP contribution in [0, 0.1) is 0 Å². The third-order valence-electron chi connectivity index (χ3n) is 12.3. The highest BCUT2D eigenvalue weighted by molar-refractivity contribution is 7.25. The summed E-state index contributed by atoms with van der Waals surface area (Å²) in [5, 5.41) is 7.50. The molecule has 0 N–H and O–H groups in total. The largest absolute Gasteiger partial charge is 0.456 e. The van der Waals surface area contributed by atoms with E-state index < -0.39 is 0 Å². The summed E-state index contributed by atoms with van der Waals surface area (Å²) in [4.78, 5) is 2.44. The summed E-state index contributed by atoms with van der Waals surface area (Å²) < 4.78 is 9.27. The van der Waals surface area contributed by atoms with Gasteiger partial charge in [-0.15, -0.1) is 11.3 Å². The van der Waals surface area contributed by atoms with Crippen molar-refractivity contribution in [1.29, 1.82) is 0 Å². The van der Waals surface area contributed by atoms with Crippen LogP contribution in [0.25, 0.3) is 75.1 Å². The summed E-state index contributed by atoms with van der Waals surface area (Å²) in [6.45, 7) is 0. The molecule has 12 rings (SSSR count). The minimum atomic E-state index is 0.168. The molecule has 0 bridgehead atoms. The van der Waals surface area contributed by atoms with Gasteiger partial charge >= 0.3 is 0 Å². The summed E-state index contributed by atoms with van der Waals surface area (Å²) in [6.07, 6.45) is 1.90. The zero-order valence-electron chi connectivity index (χ0n) is 31.7. The van der Waals surface area contributed by atoms with Crippen LogP contribution < -0.4 is 4.90 Å². The van der Waals surface area contributed by atoms with Gasteiger partial charge in [0.05, 0.1) is 0 Å². The Balaban J connectivity index is 1.14. The molecular formula is C55H37NOS. The van der Waals surface area contributed by atoms with Gasteiger partial charge in [0.25, 0.3) is 0 Å². The van der Waals surface area contributed by atoms with Crippen LogP contribution in [0.5, 0.6) is 0 Å². The number of benzene rings is 9. The molecule has 2 aromatic heterocycles. The van der Waals surface area contributed by atoms with E-state index in [0.717, 1.165) is 46.5 Å². The van der Waals surface area contributed by atoms with E-state index in [1.165, 1.54) is 75.3 Å². The monoisotopic (exact) mass is 759 g/mol. The number of thiophene rings is 1. The molecule has 1 atom stereocenters. The van der Waals surface area contributed by atoms with Crippen LogP contribution in [0.1, 0.15) is 29.0 Å². The Morgan fingerprint density at radius 1 is 0.483 bits per heavy atom. The first kappa shape index (κ1) is 33.2. The van der Waals surface area contributed by atoms with E-state index in [-0.39, 0.29) is 5.92 Å². The summed E-state index contributed by atoms with van der Waals surface area (Å²) in [5.41, 5.74) is 14.4. The van der Waals surface area contributed by atoms with Gasteiger partial charge in [0, 0.05) is 59.5 Å². The fourth-order valence-corrected chi connectivity index (χ4v) is 10.8. The van der Waals surface area contributed by atoms with Gasteiger partial charge < -0.3 is 9.32 Å². The van der Waals surface area contributed by atoms with Crippen LogP contribution >= 0.6 is 11.3 Å². The molecule has 3 heteroatoms. The van der Waals surface area contributed by atoms with E-state index in [1.807, 2.05) is 11.3 Å². The standard InChI is InChI=1S/C55H37NOS/c1-3-14-36(15-4-1)54-53-39(32-50-55(54)47-20-9-11-21-49(47)57-50)25-28-43(38-24-23-35-13-7-8-16-37(35)31-38)48-33-41(27-30-46(48)53)56(40-17-5-2-6-18-40)42-26-29-45-44-19-10-12-22-51(44)58-52(45)34-42/h1-24,26-27,29-34,43H,25,28H2. The van der Waals surface area contributed by atoms with Gasteiger partial charge in [0.2, 0.25) is 0 Å². The van der Waals surface area contributed by atoms with E-state index in [0.29, 0.717) is 0 Å². The Bertz CT molecular complexity index is 3360. The first-order valence-corrected chi connectivity index (χ1v) is 21.0. The molecule has 58 heavy (non-hydrogen) atoms. The molecule has 1 aliphatic carbocycles. The predicted octanol–water partition coefficient (Wildman–Crippen LogP) is 16.0. The lowest BCUT2D eigenvalue weighted by Gasteiger charge is -2.28. The van der Waals surface area contributed by atoms with Crippen LogP contribution in [0.2, 0.25) is 0 Å². The lowest BCUT2D eigenvalue weighted by atomic mass is 9.83. The summed E-state index contributed by atoms with van der Waals surface area (Å²) in [5.74, 6) is 0.168. The van der Waals surface area contributed by atoms with Crippen molar-refractivity contribution in [3.8, 4) is 22.3 Å². The first-order valence-electron chi connectivity index (χ1n) is 20.2. The first-order chi connectivity index (χ1) is 28.7. The minimum Gasteiger partial charge on any atom is -0.456 e. The Morgan fingerprint density at radius 3 is 2.07 bits per heavy atom. The molecule has 1 unspecified atom stereocenters. The molecule has 0 aliphatic heterocycles. The highest BCUT2D eigenvalue weighted by Crippen LogP contribution is 2.52. The molecule has 0 amide bonds. The second-order valence-electron chi connectivity index (χ2n) is 15.5. The number of nitrogens with zero attached hydrogens (tertiary/aromatic N) is 1. The normalized spacial score (nSPS) is 13.9. The average molecular weight is 760 g/mol. The molecule has 274 valence electrons. The fraction of sp³-hybridized carbons (Fsp3) is 0.0545. The molecule has 0 radical (unpaired) electrons. The van der Waals surface area contributed by atoms with Crippen molar-refractivity contribution in [2.24, 2.45) is 0 Å². The number of aryl methyl sites for hydroxylation is 1. The molecule has 0 saturated carbocycles. The van der Waals surface area contributed by atoms with E-state index >= 15 is 0 Å². The number of fused-ring (bicyclic) bond motifs is 10. The molecule has 2 heterocycles. The van der Waals surface area contributed by atoms with Crippen molar-refractivity contribution in [3.63, 3.8) is 0 Å². The zero-order chi connectivity index (χ0) is 38.2. The van der Waals surface area contributed by atoms with Crippen molar-refractivity contribution in [3.05, 3.63) is 211 Å². The zero-order valence-corrected chi connectivity index (χ0v) is 32.5. The molecule has 0 fully saturated rings. The van der Waals surface area contributed by atoms with E-state index in [1.54, 1.807) is 0 Å². The lowest BCUT2D eigenvalue weighted by molar-refractivity contribution is 0.667. The number of hydrogen-bond acceptors (Lipinski definition) is 3. The van der Waals surface area contributed by atoms with Crippen LogP contribution in [0.15, 0.2) is 199 Å². The Labute approximate surface area is 340 Å². The molecular weight excluding hydrogens is 723 g/mol. The van der Waals surface area contributed by atoms with Crippen LogP contribution in [-0.2, 0) is 6.42 Å². The summed E-state index contributed by atoms with van der Waals surface area (Å²) >= 11 is 1.87. The SMILES string of the molecule is c1ccc(-c2c3c(cc4oc5ccccc5c24)CCC(c2ccc4ccccc4c2)c2cc(N(c4ccccc4)c4ccc5c(c4)sc4ccccc45)ccc2-3)cc1. The van der Waals surface area contributed by atoms with Crippen molar-refractivity contribution in [2.45, 2.75) is 18.8 Å². The van der Waals surface area contributed by atoms with E-state index in [4.69, 9.17) is 4.42 Å². The van der Waals surface area contributed by atoms with Crippen LogP contribution in [-0.4, -0.2) is 0 Å². The molecule has 2 nitrogen and oxygen atoms in total. The highest BCUT2D eigenvalue weighted by atomic mass is 32.1. The van der Waals surface area contributed by atoms with Crippen molar-refractivity contribution >= 4 is 81.3 Å². The second kappa shape index (κ2) is 13.3. The summed E-state index contributed by atoms with van der Waals surface area (Å²) in [7, 11) is 0. The maximum atomic E-state index is 6.66. The van der Waals surface area contributed by atoms with Crippen molar-refractivity contribution in [2.75, 3.05) is 4.90 Å². The van der Waals surface area contributed by atoms with Gasteiger partial charge in [-0.3, -0.25) is 0 Å². The molecule has 1 aliphatic rings. The second-order valence-corrected chi connectivity index (χ2v) is 16.6. The molecule has 0 saturated heterocycles. The molecule has 11 aromatic rings. The summed E-state index contributed by atoms with van der Waals surface area (Å²) in [6, 6.07) is 71.5. The number of para-hydroxylation sites is 2. The Kier molecular flexibility index (Phi) is 7.64. The molecule has 0 spiro atoms. The Morgan fingerprint density at radius 2 is 1.19 bits per heavy atom.